The molecule has 2 aliphatic rings. The smallest absolute Gasteiger partial charge is 0.308 e. The fourth-order valence-electron chi connectivity index (χ4n) is 2.39. The molecule has 1 N–H and O–H groups in total. The van der Waals surface area contributed by atoms with Gasteiger partial charge in [0.05, 0.1) is 6.42 Å². The SMILES string of the molecule is CCCCCC(=O)OC1(N2C(=O)C=CC2=O)CC(=O)NC1=O. The van der Waals surface area contributed by atoms with Gasteiger partial charge in [-0.2, -0.15) is 0 Å². The van der Waals surface area contributed by atoms with Crippen molar-refractivity contribution in [3.05, 3.63) is 12.2 Å². The molecule has 0 aromatic rings. The number of esters is 1. The fourth-order valence-corrected chi connectivity index (χ4v) is 2.39. The van der Waals surface area contributed by atoms with Gasteiger partial charge in [0.25, 0.3) is 23.4 Å². The van der Waals surface area contributed by atoms with Crippen molar-refractivity contribution in [2.45, 2.75) is 44.8 Å². The zero-order valence-corrected chi connectivity index (χ0v) is 12.1. The highest BCUT2D eigenvalue weighted by Gasteiger charge is 2.59. The molecule has 0 spiro atoms. The number of hydrogen-bond donors (Lipinski definition) is 1. The Balaban J connectivity index is 2.22. The molecule has 1 fully saturated rings. The van der Waals surface area contributed by atoms with E-state index in [9.17, 15) is 24.0 Å². The monoisotopic (exact) mass is 308 g/mol. The van der Waals surface area contributed by atoms with E-state index in [-0.39, 0.29) is 6.42 Å². The number of rotatable bonds is 6. The Morgan fingerprint density at radius 3 is 2.36 bits per heavy atom. The standard InChI is InChI=1S/C14H16N2O6/c1-2-3-4-5-12(20)22-14(8-9(17)15-13(14)21)16-10(18)6-7-11(16)19/h6-7H,2-5,8H2,1H3,(H,15,17,21). The number of carbonyl (C=O) groups excluding carboxylic acids is 5. The van der Waals surface area contributed by atoms with Crippen molar-refractivity contribution < 1.29 is 28.7 Å². The van der Waals surface area contributed by atoms with Crippen LogP contribution in [0.25, 0.3) is 0 Å². The lowest BCUT2D eigenvalue weighted by atomic mass is 10.1. The predicted molar refractivity (Wildman–Crippen MR) is 71.7 cm³/mol. The molecule has 1 unspecified atom stereocenters. The average Bonchev–Trinajstić information content (AvgIpc) is 2.90. The van der Waals surface area contributed by atoms with Gasteiger partial charge in [-0.3, -0.25) is 29.3 Å². The molecule has 0 aromatic heterocycles. The lowest BCUT2D eigenvalue weighted by molar-refractivity contribution is -0.191. The third-order valence-corrected chi connectivity index (χ3v) is 3.45. The highest BCUT2D eigenvalue weighted by atomic mass is 16.6. The van der Waals surface area contributed by atoms with Crippen molar-refractivity contribution >= 4 is 29.6 Å². The third kappa shape index (κ3) is 2.76. The molecule has 22 heavy (non-hydrogen) atoms. The number of hydrogen-bond acceptors (Lipinski definition) is 6. The quantitative estimate of drug-likeness (QED) is 0.412. The molecule has 118 valence electrons. The van der Waals surface area contributed by atoms with Crippen molar-refractivity contribution in [1.82, 2.24) is 10.2 Å². The van der Waals surface area contributed by atoms with Gasteiger partial charge in [-0.25, -0.2) is 4.90 Å². The minimum atomic E-state index is -2.21. The molecule has 8 nitrogen and oxygen atoms in total. The van der Waals surface area contributed by atoms with Crippen LogP contribution in [0.2, 0.25) is 0 Å². The summed E-state index contributed by atoms with van der Waals surface area (Å²) in [5, 5.41) is 1.97. The normalized spacial score (nSPS) is 24.1. The maximum Gasteiger partial charge on any atom is 0.308 e. The summed E-state index contributed by atoms with van der Waals surface area (Å²) in [6.45, 7) is 1.96. The van der Waals surface area contributed by atoms with Crippen LogP contribution < -0.4 is 5.32 Å². The summed E-state index contributed by atoms with van der Waals surface area (Å²) in [6.07, 6.45) is 3.64. The number of carbonyl (C=O) groups is 5. The van der Waals surface area contributed by atoms with Crippen LogP contribution in [0.3, 0.4) is 0 Å². The first-order valence-corrected chi connectivity index (χ1v) is 7.03. The number of amides is 4. The summed E-state index contributed by atoms with van der Waals surface area (Å²) in [5.74, 6) is -4.01. The molecular weight excluding hydrogens is 292 g/mol. The first kappa shape index (κ1) is 15.9. The molecule has 8 heteroatoms. The second kappa shape index (κ2) is 6.08. The van der Waals surface area contributed by atoms with Gasteiger partial charge >= 0.3 is 5.97 Å². The lowest BCUT2D eigenvalue weighted by Gasteiger charge is -2.32. The second-order valence-electron chi connectivity index (χ2n) is 5.11. The Labute approximate surface area is 126 Å². The summed E-state index contributed by atoms with van der Waals surface area (Å²) in [6, 6.07) is 0. The van der Waals surface area contributed by atoms with E-state index in [1.54, 1.807) is 0 Å². The Morgan fingerprint density at radius 1 is 1.23 bits per heavy atom. The van der Waals surface area contributed by atoms with E-state index < -0.39 is 41.7 Å². The second-order valence-corrected chi connectivity index (χ2v) is 5.11. The Kier molecular flexibility index (Phi) is 4.39. The number of nitrogens with one attached hydrogen (secondary N) is 1. The Bertz CT molecular complexity index is 564. The van der Waals surface area contributed by atoms with E-state index in [0.29, 0.717) is 11.3 Å². The highest BCUT2D eigenvalue weighted by molar-refractivity contribution is 6.19. The van der Waals surface area contributed by atoms with Gasteiger partial charge in [0.2, 0.25) is 5.91 Å². The molecule has 2 rings (SSSR count). The number of ether oxygens (including phenoxy) is 1. The molecule has 4 amide bonds. The molecule has 2 heterocycles. The highest BCUT2D eigenvalue weighted by Crippen LogP contribution is 2.30. The zero-order chi connectivity index (χ0) is 16.3. The van der Waals surface area contributed by atoms with Gasteiger partial charge in [0.1, 0.15) is 0 Å². The summed E-state index contributed by atoms with van der Waals surface area (Å²) in [4.78, 5) is 59.6. The van der Waals surface area contributed by atoms with Crippen molar-refractivity contribution in [2.24, 2.45) is 0 Å². The lowest BCUT2D eigenvalue weighted by Crippen LogP contribution is -2.59. The Hall–Kier alpha value is -2.51. The van der Waals surface area contributed by atoms with E-state index in [4.69, 9.17) is 4.74 Å². The molecule has 0 aliphatic carbocycles. The van der Waals surface area contributed by atoms with Gasteiger partial charge in [0, 0.05) is 18.6 Å². The Morgan fingerprint density at radius 2 is 1.86 bits per heavy atom. The molecule has 1 atom stereocenters. The summed E-state index contributed by atoms with van der Waals surface area (Å²) in [5.41, 5.74) is -2.21. The molecule has 0 saturated carbocycles. The topological polar surface area (TPSA) is 110 Å². The van der Waals surface area contributed by atoms with E-state index in [2.05, 4.69) is 0 Å². The fraction of sp³-hybridized carbons (Fsp3) is 0.500. The average molecular weight is 308 g/mol. The van der Waals surface area contributed by atoms with Crippen LogP contribution in [-0.4, -0.2) is 40.2 Å². The van der Waals surface area contributed by atoms with Crippen molar-refractivity contribution in [3.8, 4) is 0 Å². The van der Waals surface area contributed by atoms with E-state index in [0.717, 1.165) is 25.0 Å². The molecule has 1 saturated heterocycles. The van der Waals surface area contributed by atoms with Crippen LogP contribution in [-0.2, 0) is 28.7 Å². The largest absolute Gasteiger partial charge is 0.428 e. The molecule has 0 bridgehead atoms. The van der Waals surface area contributed by atoms with Gasteiger partial charge in [-0.1, -0.05) is 19.8 Å². The van der Waals surface area contributed by atoms with Crippen molar-refractivity contribution in [1.29, 1.82) is 0 Å². The molecule has 0 radical (unpaired) electrons. The number of unbranched alkanes of at least 4 members (excludes halogenated alkanes) is 2. The van der Waals surface area contributed by atoms with Crippen LogP contribution in [0, 0.1) is 0 Å². The van der Waals surface area contributed by atoms with Gasteiger partial charge in [-0.15, -0.1) is 0 Å². The summed E-state index contributed by atoms with van der Waals surface area (Å²) in [7, 11) is 0. The van der Waals surface area contributed by atoms with Gasteiger partial charge in [0.15, 0.2) is 0 Å². The van der Waals surface area contributed by atoms with E-state index >= 15 is 0 Å². The van der Waals surface area contributed by atoms with Gasteiger partial charge in [-0.05, 0) is 6.42 Å². The summed E-state index contributed by atoms with van der Waals surface area (Å²) >= 11 is 0. The predicted octanol–water partition coefficient (Wildman–Crippen LogP) is -0.222. The first-order chi connectivity index (χ1) is 10.4. The minimum Gasteiger partial charge on any atom is -0.428 e. The summed E-state index contributed by atoms with van der Waals surface area (Å²) < 4.78 is 5.13. The maximum atomic E-state index is 12.1. The van der Waals surface area contributed by atoms with Crippen LogP contribution >= 0.6 is 0 Å². The van der Waals surface area contributed by atoms with Crippen molar-refractivity contribution in [3.63, 3.8) is 0 Å². The zero-order valence-electron chi connectivity index (χ0n) is 12.1. The molecule has 0 aromatic carbocycles. The number of imide groups is 2. The van der Waals surface area contributed by atoms with Crippen LogP contribution in [0.4, 0.5) is 0 Å². The number of nitrogens with zero attached hydrogens (tertiary/aromatic N) is 1. The van der Waals surface area contributed by atoms with Crippen LogP contribution in [0.5, 0.6) is 0 Å². The van der Waals surface area contributed by atoms with Crippen molar-refractivity contribution in [2.75, 3.05) is 0 Å². The molecule has 2 aliphatic heterocycles. The van der Waals surface area contributed by atoms with Gasteiger partial charge < -0.3 is 4.74 Å². The molecular formula is C14H16N2O6. The van der Waals surface area contributed by atoms with E-state index in [1.165, 1.54) is 0 Å². The minimum absolute atomic E-state index is 0.0424. The van der Waals surface area contributed by atoms with E-state index in [1.807, 2.05) is 12.2 Å². The van der Waals surface area contributed by atoms with Crippen LogP contribution in [0.1, 0.15) is 39.0 Å². The van der Waals surface area contributed by atoms with Crippen LogP contribution in [0.15, 0.2) is 12.2 Å². The maximum absolute atomic E-state index is 12.1. The third-order valence-electron chi connectivity index (χ3n) is 3.45. The first-order valence-electron chi connectivity index (χ1n) is 7.03.